The van der Waals surface area contributed by atoms with Crippen molar-refractivity contribution in [3.05, 3.63) is 40.0 Å². The van der Waals surface area contributed by atoms with Gasteiger partial charge in [-0.1, -0.05) is 0 Å². The number of ether oxygens (including phenoxy) is 1. The number of hydrogen-bond acceptors (Lipinski definition) is 9. The summed E-state index contributed by atoms with van der Waals surface area (Å²) in [7, 11) is 0. The molecular weight excluding hydrogens is 451 g/mol. The number of hydrogen-bond donors (Lipinski definition) is 4. The summed E-state index contributed by atoms with van der Waals surface area (Å²) in [4.78, 5) is 32.5. The Morgan fingerprint density at radius 3 is 2.75 bits per heavy atom. The summed E-state index contributed by atoms with van der Waals surface area (Å²) in [6, 6.07) is 5.20. The van der Waals surface area contributed by atoms with Crippen LogP contribution in [0.15, 0.2) is 34.4 Å². The molecule has 1 aromatic carbocycles. The maximum absolute atomic E-state index is 12.3. The molecule has 1 aliphatic rings. The highest BCUT2D eigenvalue weighted by atomic mass is 32.1. The van der Waals surface area contributed by atoms with Gasteiger partial charge in [0.2, 0.25) is 11.9 Å². The second-order valence-electron chi connectivity index (χ2n) is 6.59. The number of thiazole rings is 1. The fourth-order valence-corrected chi connectivity index (χ4v) is 3.74. The summed E-state index contributed by atoms with van der Waals surface area (Å²) in [5.74, 6) is -0.242. The third-order valence-corrected chi connectivity index (χ3v) is 5.16. The van der Waals surface area contributed by atoms with E-state index in [9.17, 15) is 22.8 Å². The average molecular weight is 467 g/mol. The van der Waals surface area contributed by atoms with Gasteiger partial charge in [-0.05, 0) is 24.3 Å². The number of nitrogens with one attached hydrogen (secondary N) is 3. The number of amides is 1. The maximum Gasteiger partial charge on any atom is 0.573 e. The standard InChI is InChI=1S/C18H16F3N7O3S/c19-18(20,21)31-10-3-1-9(2-4-10)11-8-32-17(25-11)26-12(29)7-24-13-14(22)28-6-5-23-16(28)27-15(13)30/h1-4,8,24H,5-7,22H2,(H,23,27,30)(H,25,26,29). The van der Waals surface area contributed by atoms with Gasteiger partial charge in [-0.15, -0.1) is 24.5 Å². The van der Waals surface area contributed by atoms with E-state index in [-0.39, 0.29) is 28.9 Å². The monoisotopic (exact) mass is 467 g/mol. The first-order valence-corrected chi connectivity index (χ1v) is 10.1. The predicted octanol–water partition coefficient (Wildman–Crippen LogP) is 2.32. The van der Waals surface area contributed by atoms with Crippen molar-refractivity contribution in [1.29, 1.82) is 0 Å². The molecule has 0 saturated heterocycles. The van der Waals surface area contributed by atoms with E-state index in [4.69, 9.17) is 5.73 Å². The van der Waals surface area contributed by atoms with Crippen molar-refractivity contribution in [2.45, 2.75) is 12.9 Å². The lowest BCUT2D eigenvalue weighted by Gasteiger charge is -2.12. The van der Waals surface area contributed by atoms with Crippen LogP contribution in [0.4, 0.5) is 35.8 Å². The molecule has 2 aromatic heterocycles. The normalized spacial score (nSPS) is 12.7. The number of carbonyl (C=O) groups excluding carboxylic acids is 1. The molecule has 0 aliphatic carbocycles. The Morgan fingerprint density at radius 2 is 2.03 bits per heavy atom. The molecule has 168 valence electrons. The molecule has 0 unspecified atom stereocenters. The first-order chi connectivity index (χ1) is 15.2. The van der Waals surface area contributed by atoms with Crippen LogP contribution in [-0.4, -0.2) is 39.9 Å². The van der Waals surface area contributed by atoms with Crippen LogP contribution in [-0.2, 0) is 11.3 Å². The molecule has 0 bridgehead atoms. The van der Waals surface area contributed by atoms with E-state index in [1.807, 2.05) is 0 Å². The average Bonchev–Trinajstić information content (AvgIpc) is 3.37. The zero-order chi connectivity index (χ0) is 22.9. The number of carbonyl (C=O) groups is 1. The Bertz CT molecular complexity index is 1210. The first-order valence-electron chi connectivity index (χ1n) is 9.19. The second kappa shape index (κ2) is 8.37. The van der Waals surface area contributed by atoms with E-state index in [0.717, 1.165) is 11.3 Å². The minimum atomic E-state index is -4.77. The van der Waals surface area contributed by atoms with Crippen molar-refractivity contribution in [2.24, 2.45) is 0 Å². The highest BCUT2D eigenvalue weighted by Crippen LogP contribution is 2.28. The van der Waals surface area contributed by atoms with Gasteiger partial charge in [-0.3, -0.25) is 14.2 Å². The van der Waals surface area contributed by atoms with Crippen LogP contribution in [0.25, 0.3) is 11.3 Å². The van der Waals surface area contributed by atoms with Crippen molar-refractivity contribution in [2.75, 3.05) is 34.8 Å². The molecule has 0 fully saturated rings. The van der Waals surface area contributed by atoms with Crippen molar-refractivity contribution in [3.8, 4) is 17.0 Å². The molecule has 32 heavy (non-hydrogen) atoms. The number of fused-ring (bicyclic) bond motifs is 1. The van der Waals surface area contributed by atoms with Crippen molar-refractivity contribution in [1.82, 2.24) is 14.5 Å². The number of nitrogen functional groups attached to an aromatic ring is 1. The summed E-state index contributed by atoms with van der Waals surface area (Å²) >= 11 is 1.14. The number of benzene rings is 1. The molecule has 0 spiro atoms. The van der Waals surface area contributed by atoms with Crippen LogP contribution in [0.2, 0.25) is 0 Å². The SMILES string of the molecule is Nc1c(NCC(=O)Nc2nc(-c3ccc(OC(F)(F)F)cc3)cs2)c(=O)nc2n1CCN2. The maximum atomic E-state index is 12.3. The fraction of sp³-hybridized carbons (Fsp3) is 0.222. The minimum absolute atomic E-state index is 0.0357. The highest BCUT2D eigenvalue weighted by Gasteiger charge is 2.31. The number of halogens is 3. The second-order valence-corrected chi connectivity index (χ2v) is 7.45. The Kier molecular flexibility index (Phi) is 5.61. The van der Waals surface area contributed by atoms with Crippen LogP contribution in [0, 0.1) is 0 Å². The first kappa shape index (κ1) is 21.4. The van der Waals surface area contributed by atoms with Gasteiger partial charge in [0.25, 0.3) is 5.56 Å². The topological polar surface area (TPSA) is 136 Å². The van der Waals surface area contributed by atoms with Gasteiger partial charge in [0, 0.05) is 24.0 Å². The number of nitrogens with two attached hydrogens (primary N) is 1. The van der Waals surface area contributed by atoms with Crippen LogP contribution < -0.4 is 32.0 Å². The summed E-state index contributed by atoms with van der Waals surface area (Å²) in [5, 5.41) is 10.2. The van der Waals surface area contributed by atoms with Gasteiger partial charge in [0.05, 0.1) is 12.2 Å². The fourth-order valence-electron chi connectivity index (χ4n) is 3.00. The zero-order valence-electron chi connectivity index (χ0n) is 16.2. The molecular formula is C18H16F3N7O3S. The van der Waals surface area contributed by atoms with E-state index in [2.05, 4.69) is 30.7 Å². The highest BCUT2D eigenvalue weighted by molar-refractivity contribution is 7.14. The molecule has 1 aliphatic heterocycles. The molecule has 3 heterocycles. The predicted molar refractivity (Wildman–Crippen MR) is 113 cm³/mol. The van der Waals surface area contributed by atoms with E-state index < -0.39 is 17.8 Å². The van der Waals surface area contributed by atoms with Gasteiger partial charge in [-0.2, -0.15) is 4.98 Å². The Hall–Kier alpha value is -3.81. The van der Waals surface area contributed by atoms with Crippen LogP contribution in [0.3, 0.4) is 0 Å². The van der Waals surface area contributed by atoms with E-state index >= 15 is 0 Å². The number of anilines is 4. The number of rotatable bonds is 6. The lowest BCUT2D eigenvalue weighted by atomic mass is 10.2. The van der Waals surface area contributed by atoms with Crippen LogP contribution in [0.1, 0.15) is 0 Å². The molecule has 5 N–H and O–H groups in total. The van der Waals surface area contributed by atoms with Gasteiger partial charge >= 0.3 is 6.36 Å². The lowest BCUT2D eigenvalue weighted by Crippen LogP contribution is -2.27. The molecule has 1 amide bonds. The third-order valence-electron chi connectivity index (χ3n) is 4.40. The van der Waals surface area contributed by atoms with Crippen molar-refractivity contribution < 1.29 is 22.7 Å². The minimum Gasteiger partial charge on any atom is -0.406 e. The Labute approximate surface area is 182 Å². The largest absolute Gasteiger partial charge is 0.573 e. The molecule has 0 radical (unpaired) electrons. The van der Waals surface area contributed by atoms with Crippen molar-refractivity contribution in [3.63, 3.8) is 0 Å². The quantitative estimate of drug-likeness (QED) is 0.434. The zero-order valence-corrected chi connectivity index (χ0v) is 17.0. The third kappa shape index (κ3) is 4.74. The smallest absolute Gasteiger partial charge is 0.406 e. The molecule has 0 atom stereocenters. The van der Waals surface area contributed by atoms with E-state index in [1.165, 1.54) is 24.3 Å². The Morgan fingerprint density at radius 1 is 1.28 bits per heavy atom. The van der Waals surface area contributed by atoms with E-state index in [1.54, 1.807) is 9.95 Å². The summed E-state index contributed by atoms with van der Waals surface area (Å²) in [6.45, 7) is 0.915. The Balaban J connectivity index is 1.37. The van der Waals surface area contributed by atoms with Gasteiger partial charge < -0.3 is 26.4 Å². The van der Waals surface area contributed by atoms with Gasteiger partial charge in [-0.25, -0.2) is 4.98 Å². The van der Waals surface area contributed by atoms with E-state index in [0.29, 0.717) is 30.3 Å². The molecule has 10 nitrogen and oxygen atoms in total. The molecule has 3 aromatic rings. The van der Waals surface area contributed by atoms with Crippen LogP contribution >= 0.6 is 11.3 Å². The number of aromatic nitrogens is 3. The summed E-state index contributed by atoms with van der Waals surface area (Å²) < 4.78 is 42.2. The summed E-state index contributed by atoms with van der Waals surface area (Å²) in [6.07, 6.45) is -4.77. The van der Waals surface area contributed by atoms with Gasteiger partial charge in [0.15, 0.2) is 5.13 Å². The van der Waals surface area contributed by atoms with Crippen molar-refractivity contribution >= 4 is 39.8 Å². The molecule has 14 heteroatoms. The van der Waals surface area contributed by atoms with Crippen LogP contribution in [0.5, 0.6) is 5.75 Å². The lowest BCUT2D eigenvalue weighted by molar-refractivity contribution is -0.274. The molecule has 4 rings (SSSR count). The van der Waals surface area contributed by atoms with Gasteiger partial charge in [0.1, 0.15) is 17.3 Å². The molecule has 0 saturated carbocycles. The number of nitrogens with zero attached hydrogens (tertiary/aromatic N) is 3. The number of alkyl halides is 3. The summed E-state index contributed by atoms with van der Waals surface area (Å²) in [5.41, 5.74) is 6.47.